The quantitative estimate of drug-likeness (QED) is 0.292. The van der Waals surface area contributed by atoms with Gasteiger partial charge >= 0.3 is 0 Å². The number of anilines is 1. The number of aliphatic imine (C=N–C) groups is 1. The smallest absolute Gasteiger partial charge is 0.226 e. The number of amides is 1. The van der Waals surface area contributed by atoms with Gasteiger partial charge in [-0.25, -0.2) is 4.99 Å². The number of ether oxygens (including phenoxy) is 2. The molecule has 30 heavy (non-hydrogen) atoms. The summed E-state index contributed by atoms with van der Waals surface area (Å²) in [6.45, 7) is 11.4. The van der Waals surface area contributed by atoms with Crippen molar-refractivity contribution in [3.05, 3.63) is 29.8 Å². The first-order valence-corrected chi connectivity index (χ1v) is 11.2. The van der Waals surface area contributed by atoms with Crippen LogP contribution in [0.3, 0.4) is 0 Å². The number of nitrogens with one attached hydrogen (secondary N) is 3. The van der Waals surface area contributed by atoms with E-state index in [4.69, 9.17) is 9.47 Å². The van der Waals surface area contributed by atoms with Gasteiger partial charge in [-0.3, -0.25) is 4.79 Å². The van der Waals surface area contributed by atoms with Gasteiger partial charge in [-0.05, 0) is 49.8 Å². The van der Waals surface area contributed by atoms with Crippen LogP contribution in [0.1, 0.15) is 45.6 Å². The molecule has 0 radical (unpaired) electrons. The summed E-state index contributed by atoms with van der Waals surface area (Å²) in [4.78, 5) is 16.4. The van der Waals surface area contributed by atoms with E-state index in [0.29, 0.717) is 12.5 Å². The largest absolute Gasteiger partial charge is 0.381 e. The first-order chi connectivity index (χ1) is 14.6. The van der Waals surface area contributed by atoms with Crippen LogP contribution in [0.25, 0.3) is 0 Å². The lowest BCUT2D eigenvalue weighted by atomic mass is 10.0. The topological polar surface area (TPSA) is 84.0 Å². The van der Waals surface area contributed by atoms with E-state index in [-0.39, 0.29) is 11.8 Å². The highest BCUT2D eigenvalue weighted by Crippen LogP contribution is 2.14. The van der Waals surface area contributed by atoms with E-state index in [1.807, 2.05) is 38.1 Å². The molecule has 0 aromatic heterocycles. The van der Waals surface area contributed by atoms with Gasteiger partial charge in [0.1, 0.15) is 0 Å². The van der Waals surface area contributed by atoms with Crippen molar-refractivity contribution in [2.75, 3.05) is 44.8 Å². The number of hydrogen-bond acceptors (Lipinski definition) is 4. The number of nitrogens with zero attached hydrogens (tertiary/aromatic N) is 1. The van der Waals surface area contributed by atoms with E-state index in [9.17, 15) is 4.79 Å². The Hall–Kier alpha value is -2.12. The molecule has 168 valence electrons. The number of benzene rings is 1. The van der Waals surface area contributed by atoms with Gasteiger partial charge in [0.2, 0.25) is 5.91 Å². The molecule has 0 aliphatic carbocycles. The van der Waals surface area contributed by atoms with E-state index in [1.165, 1.54) is 0 Å². The van der Waals surface area contributed by atoms with Crippen molar-refractivity contribution in [3.8, 4) is 0 Å². The molecule has 0 saturated carbocycles. The van der Waals surface area contributed by atoms with Gasteiger partial charge < -0.3 is 25.4 Å². The molecule has 7 heteroatoms. The average Bonchev–Trinajstić information content (AvgIpc) is 2.76. The molecule has 3 N–H and O–H groups in total. The Morgan fingerprint density at radius 2 is 1.93 bits per heavy atom. The fraction of sp³-hybridized carbons (Fsp3) is 0.652. The lowest BCUT2D eigenvalue weighted by Gasteiger charge is -2.21. The van der Waals surface area contributed by atoms with Crippen molar-refractivity contribution in [2.45, 2.75) is 46.6 Å². The minimum atomic E-state index is -0.0321. The Balaban J connectivity index is 1.68. The zero-order chi connectivity index (χ0) is 21.6. The van der Waals surface area contributed by atoms with Crippen LogP contribution >= 0.6 is 0 Å². The van der Waals surface area contributed by atoms with Crippen LogP contribution < -0.4 is 16.0 Å². The second-order valence-corrected chi connectivity index (χ2v) is 7.95. The van der Waals surface area contributed by atoms with E-state index < -0.39 is 0 Å². The number of rotatable bonds is 11. The molecule has 0 atom stereocenters. The van der Waals surface area contributed by atoms with Gasteiger partial charge in [-0.15, -0.1) is 0 Å². The number of carbonyl (C=O) groups excluding carboxylic acids is 1. The van der Waals surface area contributed by atoms with Crippen molar-refractivity contribution in [3.63, 3.8) is 0 Å². The second-order valence-electron chi connectivity index (χ2n) is 7.95. The van der Waals surface area contributed by atoms with Crippen molar-refractivity contribution < 1.29 is 14.3 Å². The van der Waals surface area contributed by atoms with Crippen molar-refractivity contribution in [2.24, 2.45) is 16.8 Å². The van der Waals surface area contributed by atoms with Crippen LogP contribution in [0.4, 0.5) is 5.69 Å². The maximum atomic E-state index is 11.8. The molecule has 2 rings (SSSR count). The third-order valence-corrected chi connectivity index (χ3v) is 4.96. The predicted octanol–water partition coefficient (Wildman–Crippen LogP) is 3.17. The second kappa shape index (κ2) is 14.0. The van der Waals surface area contributed by atoms with E-state index in [2.05, 4.69) is 27.9 Å². The summed E-state index contributed by atoms with van der Waals surface area (Å²) < 4.78 is 11.2. The maximum Gasteiger partial charge on any atom is 0.226 e. The maximum absolute atomic E-state index is 11.8. The number of hydrogen-bond donors (Lipinski definition) is 3. The van der Waals surface area contributed by atoms with Gasteiger partial charge in [0.05, 0.1) is 6.54 Å². The van der Waals surface area contributed by atoms with Gasteiger partial charge in [0.15, 0.2) is 5.96 Å². The van der Waals surface area contributed by atoms with Gasteiger partial charge in [0, 0.05) is 51.1 Å². The summed E-state index contributed by atoms with van der Waals surface area (Å²) in [5.74, 6) is 1.45. The first-order valence-electron chi connectivity index (χ1n) is 11.2. The number of carbonyl (C=O) groups is 1. The van der Waals surface area contributed by atoms with Gasteiger partial charge in [-0.2, -0.15) is 0 Å². The molecule has 1 saturated heterocycles. The van der Waals surface area contributed by atoms with Crippen molar-refractivity contribution >= 4 is 17.6 Å². The van der Waals surface area contributed by atoms with Crippen LogP contribution in [0.5, 0.6) is 0 Å². The Morgan fingerprint density at radius 3 is 2.60 bits per heavy atom. The monoisotopic (exact) mass is 418 g/mol. The molecule has 1 aliphatic heterocycles. The fourth-order valence-corrected chi connectivity index (χ4v) is 3.04. The minimum Gasteiger partial charge on any atom is -0.381 e. The van der Waals surface area contributed by atoms with Crippen molar-refractivity contribution in [1.82, 2.24) is 10.6 Å². The summed E-state index contributed by atoms with van der Waals surface area (Å²) in [7, 11) is 0. The van der Waals surface area contributed by atoms with Crippen LogP contribution in [0.2, 0.25) is 0 Å². The molecule has 7 nitrogen and oxygen atoms in total. The Morgan fingerprint density at radius 1 is 1.20 bits per heavy atom. The van der Waals surface area contributed by atoms with Crippen LogP contribution in [-0.4, -0.2) is 51.4 Å². The zero-order valence-corrected chi connectivity index (χ0v) is 18.7. The van der Waals surface area contributed by atoms with Crippen LogP contribution in [-0.2, 0) is 20.8 Å². The van der Waals surface area contributed by atoms with Gasteiger partial charge in [-0.1, -0.05) is 26.0 Å². The zero-order valence-electron chi connectivity index (χ0n) is 18.7. The molecular formula is C23H38N4O3. The highest BCUT2D eigenvalue weighted by atomic mass is 16.5. The third-order valence-electron chi connectivity index (χ3n) is 4.96. The summed E-state index contributed by atoms with van der Waals surface area (Å²) in [5, 5.41) is 9.54. The molecule has 1 aromatic rings. The molecule has 1 heterocycles. The summed E-state index contributed by atoms with van der Waals surface area (Å²) in [6.07, 6.45) is 3.17. The first kappa shape index (κ1) is 24.2. The highest BCUT2D eigenvalue weighted by molar-refractivity contribution is 5.92. The van der Waals surface area contributed by atoms with E-state index in [1.54, 1.807) is 0 Å². The Labute approximate surface area is 181 Å². The number of guanidine groups is 1. The summed E-state index contributed by atoms with van der Waals surface area (Å²) in [5.41, 5.74) is 1.90. The molecule has 1 fully saturated rings. The fourth-order valence-electron chi connectivity index (χ4n) is 3.04. The van der Waals surface area contributed by atoms with Crippen molar-refractivity contribution in [1.29, 1.82) is 0 Å². The molecular weight excluding hydrogens is 380 g/mol. The molecule has 0 spiro atoms. The van der Waals surface area contributed by atoms with E-state index >= 15 is 0 Å². The molecule has 1 aromatic carbocycles. The third kappa shape index (κ3) is 9.59. The lowest BCUT2D eigenvalue weighted by molar-refractivity contribution is -0.118. The lowest BCUT2D eigenvalue weighted by Crippen LogP contribution is -2.38. The molecule has 1 amide bonds. The standard InChI is InChI=1S/C23H38N4O3/c1-4-24-23(25-12-5-13-30-17-20-10-14-29-15-11-20)26-16-19-6-8-21(9-7-19)27-22(28)18(2)3/h6-9,18,20H,4-5,10-17H2,1-3H3,(H,27,28)(H2,24,25,26). The molecule has 1 aliphatic rings. The summed E-state index contributed by atoms with van der Waals surface area (Å²) in [6, 6.07) is 7.82. The Bertz CT molecular complexity index is 640. The summed E-state index contributed by atoms with van der Waals surface area (Å²) >= 11 is 0. The highest BCUT2D eigenvalue weighted by Gasteiger charge is 2.13. The molecule has 0 bridgehead atoms. The minimum absolute atomic E-state index is 0.0242. The van der Waals surface area contributed by atoms with E-state index in [0.717, 1.165) is 76.0 Å². The van der Waals surface area contributed by atoms with Crippen LogP contribution in [0, 0.1) is 11.8 Å². The van der Waals surface area contributed by atoms with Gasteiger partial charge in [0.25, 0.3) is 0 Å². The normalized spacial score (nSPS) is 15.3. The Kier molecular flexibility index (Phi) is 11.3. The SMILES string of the molecule is CCNC(=NCc1ccc(NC(=O)C(C)C)cc1)NCCCOCC1CCOCC1. The van der Waals surface area contributed by atoms with Crippen LogP contribution in [0.15, 0.2) is 29.3 Å². The molecule has 0 unspecified atom stereocenters. The predicted molar refractivity (Wildman–Crippen MR) is 122 cm³/mol. The average molecular weight is 419 g/mol.